The highest BCUT2D eigenvalue weighted by Gasteiger charge is 2.14. The number of benzene rings is 2. The molecule has 0 radical (unpaired) electrons. The summed E-state index contributed by atoms with van der Waals surface area (Å²) in [5.74, 6) is 0.880. The van der Waals surface area contributed by atoms with Crippen molar-refractivity contribution in [2.24, 2.45) is 5.10 Å². The maximum Gasteiger partial charge on any atom is 0.307 e. The molecule has 0 aliphatic rings. The van der Waals surface area contributed by atoms with Crippen LogP contribution in [0.5, 0.6) is 0 Å². The smallest absolute Gasteiger partial charge is 0.307 e. The molecule has 8 heteroatoms. The Morgan fingerprint density at radius 1 is 1.04 bits per heavy atom. The van der Waals surface area contributed by atoms with Crippen molar-refractivity contribution in [1.82, 2.24) is 5.43 Å². The zero-order valence-electron chi connectivity index (χ0n) is 14.1. The van der Waals surface area contributed by atoms with Crippen LogP contribution in [0, 0.1) is 0 Å². The number of rotatable bonds is 4. The predicted octanol–water partition coefficient (Wildman–Crippen LogP) is 6.64. The van der Waals surface area contributed by atoms with Gasteiger partial charge in [-0.15, -0.1) is 0 Å². The first-order chi connectivity index (χ1) is 13.5. The highest BCUT2D eigenvalue weighted by Crippen LogP contribution is 2.31. The molecule has 0 saturated carbocycles. The Hall–Kier alpha value is -2.35. The third kappa shape index (κ3) is 4.06. The second kappa shape index (κ2) is 7.95. The van der Waals surface area contributed by atoms with Gasteiger partial charge in [-0.05, 0) is 70.5 Å². The van der Waals surface area contributed by atoms with E-state index in [0.29, 0.717) is 22.1 Å². The molecule has 0 spiro atoms. The molecule has 0 unspecified atom stereocenters. The Kier molecular flexibility index (Phi) is 5.39. The molecule has 28 heavy (non-hydrogen) atoms. The van der Waals surface area contributed by atoms with Crippen molar-refractivity contribution in [3.8, 4) is 11.3 Å². The summed E-state index contributed by atoms with van der Waals surface area (Å²) in [6.07, 6.45) is 1.42. The second-order valence-electron chi connectivity index (χ2n) is 5.82. The van der Waals surface area contributed by atoms with Gasteiger partial charge in [0.15, 0.2) is 5.76 Å². The lowest BCUT2D eigenvalue weighted by molar-refractivity contribution is 0.0929. The highest BCUT2D eigenvalue weighted by atomic mass is 79.9. The molecule has 140 valence electrons. The molecule has 2 heterocycles. The molecule has 4 aromatic rings. The lowest BCUT2D eigenvalue weighted by atomic mass is 10.2. The molecule has 2 aromatic heterocycles. The van der Waals surface area contributed by atoms with Crippen LogP contribution < -0.4 is 5.43 Å². The van der Waals surface area contributed by atoms with E-state index in [0.717, 1.165) is 19.9 Å². The lowest BCUT2D eigenvalue weighted by Crippen LogP contribution is -2.16. The van der Waals surface area contributed by atoms with E-state index in [4.69, 9.17) is 20.4 Å². The van der Waals surface area contributed by atoms with Crippen molar-refractivity contribution < 1.29 is 13.6 Å². The number of hydrogen-bond acceptors (Lipinski definition) is 4. The number of halogens is 3. The summed E-state index contributed by atoms with van der Waals surface area (Å²) >= 11 is 12.7. The monoisotopic (exact) mass is 520 g/mol. The van der Waals surface area contributed by atoms with Gasteiger partial charge in [-0.3, -0.25) is 4.79 Å². The van der Waals surface area contributed by atoms with Crippen LogP contribution in [0.4, 0.5) is 0 Å². The van der Waals surface area contributed by atoms with Crippen molar-refractivity contribution in [1.29, 1.82) is 0 Å². The molecule has 0 aliphatic carbocycles. The van der Waals surface area contributed by atoms with E-state index in [-0.39, 0.29) is 5.76 Å². The lowest BCUT2D eigenvalue weighted by Gasteiger charge is -1.96. The summed E-state index contributed by atoms with van der Waals surface area (Å²) in [5, 5.41) is 5.39. The van der Waals surface area contributed by atoms with Crippen LogP contribution in [0.15, 0.2) is 77.5 Å². The van der Waals surface area contributed by atoms with Gasteiger partial charge in [0.25, 0.3) is 0 Å². The van der Waals surface area contributed by atoms with Crippen LogP contribution in [0.1, 0.15) is 16.3 Å². The number of amides is 1. The van der Waals surface area contributed by atoms with Crippen LogP contribution in [0.3, 0.4) is 0 Å². The number of nitrogens with zero attached hydrogens (tertiary/aromatic N) is 1. The predicted molar refractivity (Wildman–Crippen MR) is 116 cm³/mol. The minimum absolute atomic E-state index is 0.159. The summed E-state index contributed by atoms with van der Waals surface area (Å²) < 4.78 is 12.9. The molecule has 0 fully saturated rings. The molecule has 0 aliphatic heterocycles. The fourth-order valence-electron chi connectivity index (χ4n) is 2.59. The first-order valence-corrected chi connectivity index (χ1v) is 10.0. The van der Waals surface area contributed by atoms with Gasteiger partial charge >= 0.3 is 5.91 Å². The Morgan fingerprint density at radius 2 is 1.82 bits per heavy atom. The molecule has 0 atom stereocenters. The summed E-state index contributed by atoms with van der Waals surface area (Å²) in [6, 6.07) is 16.3. The molecule has 0 bridgehead atoms. The van der Waals surface area contributed by atoms with Gasteiger partial charge in [-0.2, -0.15) is 5.10 Å². The van der Waals surface area contributed by atoms with Crippen LogP contribution >= 0.6 is 43.5 Å². The zero-order valence-corrected chi connectivity index (χ0v) is 18.0. The summed E-state index contributed by atoms with van der Waals surface area (Å²) in [5.41, 5.74) is 3.92. The Labute approximate surface area is 181 Å². The van der Waals surface area contributed by atoms with Gasteiger partial charge < -0.3 is 8.83 Å². The van der Waals surface area contributed by atoms with Crippen molar-refractivity contribution >= 4 is 66.6 Å². The largest absolute Gasteiger partial charge is 0.455 e. The van der Waals surface area contributed by atoms with Crippen molar-refractivity contribution in [2.75, 3.05) is 0 Å². The fourth-order valence-corrected chi connectivity index (χ4v) is 4.05. The molecule has 5 nitrogen and oxygen atoms in total. The zero-order chi connectivity index (χ0) is 19.7. The van der Waals surface area contributed by atoms with Gasteiger partial charge in [0.2, 0.25) is 0 Å². The number of carbonyl (C=O) groups excluding carboxylic acids is 1. The van der Waals surface area contributed by atoms with Crippen molar-refractivity contribution in [2.45, 2.75) is 0 Å². The van der Waals surface area contributed by atoms with Crippen LogP contribution in [0.25, 0.3) is 22.3 Å². The molecule has 2 aromatic carbocycles. The number of furan rings is 2. The normalized spacial score (nSPS) is 11.4. The average molecular weight is 523 g/mol. The van der Waals surface area contributed by atoms with Crippen LogP contribution in [0.2, 0.25) is 5.02 Å². The van der Waals surface area contributed by atoms with E-state index in [1.807, 2.05) is 30.3 Å². The van der Waals surface area contributed by atoms with Crippen molar-refractivity contribution in [3.63, 3.8) is 0 Å². The maximum atomic E-state index is 12.3. The fraction of sp³-hybridized carbons (Fsp3) is 0. The summed E-state index contributed by atoms with van der Waals surface area (Å²) in [7, 11) is 0. The summed E-state index contributed by atoms with van der Waals surface area (Å²) in [4.78, 5) is 12.3. The van der Waals surface area contributed by atoms with E-state index in [1.165, 1.54) is 6.21 Å². The maximum absolute atomic E-state index is 12.3. The number of fused-ring (bicyclic) bond motifs is 1. The summed E-state index contributed by atoms with van der Waals surface area (Å²) in [6.45, 7) is 0. The minimum Gasteiger partial charge on any atom is -0.455 e. The van der Waals surface area contributed by atoms with Crippen molar-refractivity contribution in [3.05, 3.63) is 80.1 Å². The van der Waals surface area contributed by atoms with E-state index in [1.54, 1.807) is 24.3 Å². The third-order valence-corrected chi connectivity index (χ3v) is 5.17. The molecule has 4 rings (SSSR count). The van der Waals surface area contributed by atoms with Gasteiger partial charge in [0, 0.05) is 20.4 Å². The number of nitrogens with one attached hydrogen (secondary N) is 1. The van der Waals surface area contributed by atoms with E-state index in [9.17, 15) is 4.79 Å². The molecule has 1 N–H and O–H groups in total. The molecular formula is C20H11Br2ClN2O3. The van der Waals surface area contributed by atoms with E-state index >= 15 is 0 Å². The molecule has 1 amide bonds. The highest BCUT2D eigenvalue weighted by molar-refractivity contribution is 9.11. The Morgan fingerprint density at radius 3 is 2.61 bits per heavy atom. The topological polar surface area (TPSA) is 67.7 Å². The van der Waals surface area contributed by atoms with E-state index < -0.39 is 5.91 Å². The van der Waals surface area contributed by atoms with Gasteiger partial charge in [0.05, 0.1) is 10.7 Å². The van der Waals surface area contributed by atoms with Gasteiger partial charge in [0.1, 0.15) is 17.1 Å². The van der Waals surface area contributed by atoms with Crippen LogP contribution in [-0.4, -0.2) is 12.1 Å². The first-order valence-electron chi connectivity index (χ1n) is 8.07. The SMILES string of the molecule is O=C(N/N=C\c1ccc(-c2ccc(Cl)cc2)o1)c1cc2cc(Br)cc(Br)c2o1. The number of carbonyl (C=O) groups is 1. The second-order valence-corrected chi connectivity index (χ2v) is 8.03. The average Bonchev–Trinajstić information content (AvgIpc) is 3.29. The third-order valence-electron chi connectivity index (χ3n) is 3.87. The van der Waals surface area contributed by atoms with E-state index in [2.05, 4.69) is 42.4 Å². The quantitative estimate of drug-likeness (QED) is 0.242. The molecule has 0 saturated heterocycles. The number of hydrogen-bond donors (Lipinski definition) is 1. The molecular weight excluding hydrogens is 511 g/mol. The van der Waals surface area contributed by atoms with Gasteiger partial charge in [-0.1, -0.05) is 27.5 Å². The Bertz CT molecular complexity index is 1200. The van der Waals surface area contributed by atoms with Crippen LogP contribution in [-0.2, 0) is 0 Å². The number of hydrazone groups is 1. The standard InChI is InChI=1S/C20H11Br2ClN2O3/c21-13-7-12-8-18(28-19(12)16(22)9-13)20(26)25-24-10-15-5-6-17(27-15)11-1-3-14(23)4-2-11/h1-10H,(H,25,26)/b24-10-. The first kappa shape index (κ1) is 19.0. The Balaban J connectivity index is 1.46. The minimum atomic E-state index is -0.458. The van der Waals surface area contributed by atoms with Gasteiger partial charge in [-0.25, -0.2) is 5.43 Å².